The Morgan fingerprint density at radius 1 is 1.22 bits per heavy atom. The van der Waals surface area contributed by atoms with Crippen LogP contribution in [0.1, 0.15) is 42.4 Å². The first-order chi connectivity index (χ1) is 13.0. The molecule has 1 fully saturated rings. The van der Waals surface area contributed by atoms with Gasteiger partial charge in [0.15, 0.2) is 0 Å². The quantitative estimate of drug-likeness (QED) is 0.443. The fourth-order valence-corrected chi connectivity index (χ4v) is 4.37. The Morgan fingerprint density at radius 3 is 2.37 bits per heavy atom. The minimum Gasteiger partial charge on any atom is -0.326 e. The normalized spacial score (nSPS) is 22.1. The highest BCUT2D eigenvalue weighted by Gasteiger charge is 2.44. The molecule has 0 unspecified atom stereocenters. The third kappa shape index (κ3) is 3.70. The SMILES string of the molecule is C=C=C(c1ccccc1Cl)C1(c2ccc(CN)cc2)CCC([N+](=O)[O-])CC1. The molecule has 1 aliphatic carbocycles. The summed E-state index contributed by atoms with van der Waals surface area (Å²) in [4.78, 5) is 11.1. The molecule has 0 bridgehead atoms. The molecule has 0 aliphatic heterocycles. The molecule has 0 aromatic heterocycles. The van der Waals surface area contributed by atoms with Crippen LogP contribution in [0.3, 0.4) is 0 Å². The summed E-state index contributed by atoms with van der Waals surface area (Å²) in [7, 11) is 0. The van der Waals surface area contributed by atoms with Crippen LogP contribution >= 0.6 is 11.6 Å². The fourth-order valence-electron chi connectivity index (χ4n) is 4.14. The van der Waals surface area contributed by atoms with Crippen LogP contribution in [0.15, 0.2) is 60.8 Å². The number of nitro groups is 1. The van der Waals surface area contributed by atoms with Crippen molar-refractivity contribution in [1.82, 2.24) is 0 Å². The van der Waals surface area contributed by atoms with E-state index in [1.165, 1.54) is 0 Å². The lowest BCUT2D eigenvalue weighted by Crippen LogP contribution is -2.37. The maximum Gasteiger partial charge on any atom is 0.213 e. The molecule has 0 saturated heterocycles. The lowest BCUT2D eigenvalue weighted by atomic mass is 9.62. The summed E-state index contributed by atoms with van der Waals surface area (Å²) in [5.41, 5.74) is 12.4. The van der Waals surface area contributed by atoms with Crippen LogP contribution in [0.4, 0.5) is 0 Å². The smallest absolute Gasteiger partial charge is 0.213 e. The van der Waals surface area contributed by atoms with E-state index in [2.05, 4.69) is 24.4 Å². The van der Waals surface area contributed by atoms with Crippen LogP contribution in [0.25, 0.3) is 5.57 Å². The largest absolute Gasteiger partial charge is 0.326 e. The zero-order chi connectivity index (χ0) is 19.4. The van der Waals surface area contributed by atoms with Gasteiger partial charge in [0.25, 0.3) is 0 Å². The molecular formula is C22H23ClN2O2. The van der Waals surface area contributed by atoms with E-state index in [1.807, 2.05) is 36.4 Å². The van der Waals surface area contributed by atoms with Crippen LogP contribution in [0.2, 0.25) is 5.02 Å². The van der Waals surface area contributed by atoms with E-state index < -0.39 is 11.5 Å². The summed E-state index contributed by atoms with van der Waals surface area (Å²) in [5.74, 6) is 0. The van der Waals surface area contributed by atoms with Crippen molar-refractivity contribution in [2.45, 2.75) is 43.7 Å². The van der Waals surface area contributed by atoms with Gasteiger partial charge >= 0.3 is 0 Å². The van der Waals surface area contributed by atoms with Gasteiger partial charge in [0.1, 0.15) is 0 Å². The Hall–Kier alpha value is -2.39. The molecule has 0 radical (unpaired) electrons. The Labute approximate surface area is 164 Å². The van der Waals surface area contributed by atoms with Crippen molar-refractivity contribution in [3.8, 4) is 0 Å². The predicted molar refractivity (Wildman–Crippen MR) is 109 cm³/mol. The van der Waals surface area contributed by atoms with Crippen molar-refractivity contribution in [2.75, 3.05) is 0 Å². The van der Waals surface area contributed by atoms with E-state index >= 15 is 0 Å². The van der Waals surface area contributed by atoms with Gasteiger partial charge in [-0.25, -0.2) is 0 Å². The van der Waals surface area contributed by atoms with Gasteiger partial charge in [0.2, 0.25) is 6.04 Å². The van der Waals surface area contributed by atoms with Gasteiger partial charge in [0.05, 0.1) is 0 Å². The molecule has 27 heavy (non-hydrogen) atoms. The molecule has 0 spiro atoms. The molecule has 3 rings (SSSR count). The van der Waals surface area contributed by atoms with E-state index in [-0.39, 0.29) is 4.92 Å². The van der Waals surface area contributed by atoms with Crippen molar-refractivity contribution >= 4 is 17.2 Å². The monoisotopic (exact) mass is 382 g/mol. The highest BCUT2D eigenvalue weighted by atomic mass is 35.5. The Bertz CT molecular complexity index is 877. The van der Waals surface area contributed by atoms with Gasteiger partial charge in [-0.2, -0.15) is 0 Å². The standard InChI is InChI=1S/C22H23ClN2O2/c1-2-20(19-5-3-4-6-21(19)23)22(13-11-18(12-14-22)25(26)27)17-9-7-16(15-24)8-10-17/h3-10,18H,1,11-15,24H2. The van der Waals surface area contributed by atoms with Crippen LogP contribution in [0, 0.1) is 10.1 Å². The van der Waals surface area contributed by atoms with Crippen molar-refractivity contribution in [3.05, 3.63) is 92.7 Å². The summed E-state index contributed by atoms with van der Waals surface area (Å²) < 4.78 is 0. The highest BCUT2D eigenvalue weighted by Crippen LogP contribution is 2.50. The third-order valence-electron chi connectivity index (χ3n) is 5.65. The molecule has 2 aromatic rings. The Morgan fingerprint density at radius 2 is 1.85 bits per heavy atom. The average molecular weight is 383 g/mol. The topological polar surface area (TPSA) is 69.2 Å². The number of allylic oxidation sites excluding steroid dienone is 1. The zero-order valence-electron chi connectivity index (χ0n) is 15.2. The van der Waals surface area contributed by atoms with E-state index in [4.69, 9.17) is 17.3 Å². The molecule has 5 heteroatoms. The maximum atomic E-state index is 11.3. The summed E-state index contributed by atoms with van der Waals surface area (Å²) in [6, 6.07) is 15.3. The van der Waals surface area contributed by atoms with E-state index in [0.29, 0.717) is 37.3 Å². The van der Waals surface area contributed by atoms with Crippen LogP contribution in [0.5, 0.6) is 0 Å². The second-order valence-corrected chi connectivity index (χ2v) is 7.44. The first-order valence-corrected chi connectivity index (χ1v) is 9.48. The number of hydrogen-bond acceptors (Lipinski definition) is 3. The molecule has 0 amide bonds. The van der Waals surface area contributed by atoms with E-state index in [9.17, 15) is 10.1 Å². The van der Waals surface area contributed by atoms with E-state index in [1.54, 1.807) is 0 Å². The van der Waals surface area contributed by atoms with Gasteiger partial charge in [-0.1, -0.05) is 60.6 Å². The lowest BCUT2D eigenvalue weighted by Gasteiger charge is -2.40. The molecule has 0 heterocycles. The molecule has 4 nitrogen and oxygen atoms in total. The van der Waals surface area contributed by atoms with E-state index in [0.717, 1.165) is 22.3 Å². The van der Waals surface area contributed by atoms with Gasteiger partial charge in [-0.05, 0) is 30.0 Å². The van der Waals surface area contributed by atoms with Crippen molar-refractivity contribution in [2.24, 2.45) is 5.73 Å². The number of benzene rings is 2. The molecule has 0 atom stereocenters. The van der Waals surface area contributed by atoms with Gasteiger partial charge in [0, 0.05) is 45.9 Å². The first-order valence-electron chi connectivity index (χ1n) is 9.10. The molecular weight excluding hydrogens is 360 g/mol. The lowest BCUT2D eigenvalue weighted by molar-refractivity contribution is -0.527. The fraction of sp³-hybridized carbons (Fsp3) is 0.318. The summed E-state index contributed by atoms with van der Waals surface area (Å²) in [6.07, 6.45) is 2.34. The van der Waals surface area contributed by atoms with Crippen LogP contribution in [-0.2, 0) is 12.0 Å². The number of hydrogen-bond donors (Lipinski definition) is 1. The first kappa shape index (κ1) is 19.4. The molecule has 2 N–H and O–H groups in total. The average Bonchev–Trinajstić information content (AvgIpc) is 2.70. The third-order valence-corrected chi connectivity index (χ3v) is 5.98. The maximum absolute atomic E-state index is 11.3. The molecule has 1 saturated carbocycles. The number of rotatable bonds is 5. The van der Waals surface area contributed by atoms with Crippen molar-refractivity contribution < 1.29 is 4.92 Å². The summed E-state index contributed by atoms with van der Waals surface area (Å²) >= 11 is 6.48. The second kappa shape index (κ2) is 8.10. The van der Waals surface area contributed by atoms with Crippen molar-refractivity contribution in [3.63, 3.8) is 0 Å². The predicted octanol–water partition coefficient (Wildman–Crippen LogP) is 5.12. The number of nitrogens with two attached hydrogens (primary N) is 1. The van der Waals surface area contributed by atoms with Gasteiger partial charge in [-0.15, -0.1) is 5.73 Å². The van der Waals surface area contributed by atoms with Crippen molar-refractivity contribution in [1.29, 1.82) is 0 Å². The zero-order valence-corrected chi connectivity index (χ0v) is 15.9. The molecule has 2 aromatic carbocycles. The number of halogens is 1. The Kier molecular flexibility index (Phi) is 5.81. The minimum atomic E-state index is -0.501. The van der Waals surface area contributed by atoms with Crippen LogP contribution in [-0.4, -0.2) is 11.0 Å². The second-order valence-electron chi connectivity index (χ2n) is 7.03. The minimum absolute atomic E-state index is 0.158. The summed E-state index contributed by atoms with van der Waals surface area (Å²) in [6.45, 7) is 4.42. The Balaban J connectivity index is 2.11. The highest BCUT2D eigenvalue weighted by molar-refractivity contribution is 6.32. The number of nitrogens with zero attached hydrogens (tertiary/aromatic N) is 1. The summed E-state index contributed by atoms with van der Waals surface area (Å²) in [5, 5.41) is 11.9. The van der Waals surface area contributed by atoms with Crippen LogP contribution < -0.4 is 5.73 Å². The van der Waals surface area contributed by atoms with Gasteiger partial charge in [-0.3, -0.25) is 10.1 Å². The molecule has 140 valence electrons. The molecule has 1 aliphatic rings. The van der Waals surface area contributed by atoms with Gasteiger partial charge < -0.3 is 5.73 Å².